The molecule has 26 heavy (non-hydrogen) atoms. The average molecular weight is 374 g/mol. The summed E-state index contributed by atoms with van der Waals surface area (Å²) in [7, 11) is 1.79. The van der Waals surface area contributed by atoms with Crippen molar-refractivity contribution in [1.29, 1.82) is 0 Å². The highest BCUT2D eigenvalue weighted by atomic mass is 32.2. The van der Waals surface area contributed by atoms with Gasteiger partial charge in [-0.2, -0.15) is 0 Å². The largest absolute Gasteiger partial charge is 0.466 e. The molecular weight excluding hydrogens is 352 g/mol. The SMILES string of the molecule is CCOC(=O)Cc1nnc(S[C@H](C(=O)NC2CC2)c2ccccc2)n1C. The summed E-state index contributed by atoms with van der Waals surface area (Å²) >= 11 is 1.33. The summed E-state index contributed by atoms with van der Waals surface area (Å²) in [6.45, 7) is 2.09. The summed E-state index contributed by atoms with van der Waals surface area (Å²) in [5.41, 5.74) is 0.908. The van der Waals surface area contributed by atoms with Crippen molar-refractivity contribution in [3.05, 3.63) is 41.7 Å². The van der Waals surface area contributed by atoms with Gasteiger partial charge in [-0.3, -0.25) is 9.59 Å². The Morgan fingerprint density at radius 2 is 2.04 bits per heavy atom. The van der Waals surface area contributed by atoms with Crippen molar-refractivity contribution < 1.29 is 14.3 Å². The second kappa shape index (κ2) is 8.35. The van der Waals surface area contributed by atoms with Crippen LogP contribution in [0.5, 0.6) is 0 Å². The summed E-state index contributed by atoms with van der Waals surface area (Å²) in [6.07, 6.45) is 2.12. The van der Waals surface area contributed by atoms with Gasteiger partial charge in [0.05, 0.1) is 6.61 Å². The second-order valence-electron chi connectivity index (χ2n) is 6.13. The smallest absolute Gasteiger partial charge is 0.313 e. The van der Waals surface area contributed by atoms with Gasteiger partial charge in [-0.15, -0.1) is 10.2 Å². The zero-order chi connectivity index (χ0) is 18.5. The number of nitrogens with zero attached hydrogens (tertiary/aromatic N) is 3. The van der Waals surface area contributed by atoms with Gasteiger partial charge in [0.25, 0.3) is 0 Å². The quantitative estimate of drug-likeness (QED) is 0.562. The van der Waals surface area contributed by atoms with Gasteiger partial charge in [0.15, 0.2) is 5.16 Å². The number of nitrogens with one attached hydrogen (secondary N) is 1. The second-order valence-corrected chi connectivity index (χ2v) is 7.20. The van der Waals surface area contributed by atoms with Gasteiger partial charge in [-0.1, -0.05) is 42.1 Å². The fraction of sp³-hybridized carbons (Fsp3) is 0.444. The molecule has 7 nitrogen and oxygen atoms in total. The van der Waals surface area contributed by atoms with E-state index < -0.39 is 5.25 Å². The molecule has 0 spiro atoms. The fourth-order valence-electron chi connectivity index (χ4n) is 2.45. The van der Waals surface area contributed by atoms with Crippen LogP contribution in [0.4, 0.5) is 0 Å². The number of hydrogen-bond acceptors (Lipinski definition) is 6. The molecule has 0 saturated heterocycles. The molecule has 1 aromatic carbocycles. The number of esters is 1. The number of thioether (sulfide) groups is 1. The van der Waals surface area contributed by atoms with E-state index in [1.807, 2.05) is 30.3 Å². The predicted molar refractivity (Wildman–Crippen MR) is 97.5 cm³/mol. The zero-order valence-corrected chi connectivity index (χ0v) is 15.7. The zero-order valence-electron chi connectivity index (χ0n) is 14.8. The first-order valence-electron chi connectivity index (χ1n) is 8.64. The standard InChI is InChI=1S/C18H22N4O3S/c1-3-25-15(23)11-14-20-21-18(22(14)2)26-16(12-7-5-4-6-8-12)17(24)19-13-9-10-13/h4-8,13,16H,3,9-11H2,1-2H3,(H,19,24)/t16-/m0/s1. The van der Waals surface area contributed by atoms with Crippen LogP contribution in [0.2, 0.25) is 0 Å². The lowest BCUT2D eigenvalue weighted by atomic mass is 10.1. The molecule has 1 aromatic heterocycles. The van der Waals surface area contributed by atoms with E-state index in [1.165, 1.54) is 11.8 Å². The maximum atomic E-state index is 12.7. The Hall–Kier alpha value is -2.35. The number of carbonyl (C=O) groups is 2. The highest BCUT2D eigenvalue weighted by Crippen LogP contribution is 2.35. The first-order valence-corrected chi connectivity index (χ1v) is 9.52. The average Bonchev–Trinajstić information content (AvgIpc) is 3.38. The molecule has 0 aliphatic heterocycles. The molecule has 1 saturated carbocycles. The van der Waals surface area contributed by atoms with Crippen molar-refractivity contribution in [3.8, 4) is 0 Å². The molecule has 0 radical (unpaired) electrons. The van der Waals surface area contributed by atoms with Gasteiger partial charge in [0.1, 0.15) is 17.5 Å². The van der Waals surface area contributed by atoms with Crippen LogP contribution in [0.1, 0.15) is 36.4 Å². The summed E-state index contributed by atoms with van der Waals surface area (Å²) < 4.78 is 6.70. The number of rotatable bonds is 8. The molecule has 1 aliphatic carbocycles. The fourth-order valence-corrected chi connectivity index (χ4v) is 3.48. The first kappa shape index (κ1) is 18.4. The number of carbonyl (C=O) groups excluding carboxylic acids is 2. The van der Waals surface area contributed by atoms with Crippen LogP contribution in [0.25, 0.3) is 0 Å². The molecule has 138 valence electrons. The van der Waals surface area contributed by atoms with Crippen molar-refractivity contribution in [1.82, 2.24) is 20.1 Å². The highest BCUT2D eigenvalue weighted by molar-refractivity contribution is 8.00. The third-order valence-corrected chi connectivity index (χ3v) is 5.31. The molecule has 1 atom stereocenters. The number of benzene rings is 1. The number of hydrogen-bond donors (Lipinski definition) is 1. The lowest BCUT2D eigenvalue weighted by molar-refractivity contribution is -0.142. The van der Waals surface area contributed by atoms with Gasteiger partial charge in [0.2, 0.25) is 5.91 Å². The van der Waals surface area contributed by atoms with E-state index >= 15 is 0 Å². The normalized spacial score (nSPS) is 14.7. The van der Waals surface area contributed by atoms with Crippen molar-refractivity contribution in [3.63, 3.8) is 0 Å². The van der Waals surface area contributed by atoms with E-state index in [0.29, 0.717) is 17.6 Å². The third kappa shape index (κ3) is 4.63. The number of aromatic nitrogens is 3. The molecule has 1 N–H and O–H groups in total. The minimum Gasteiger partial charge on any atom is -0.466 e. The van der Waals surface area contributed by atoms with Crippen LogP contribution in [0.15, 0.2) is 35.5 Å². The summed E-state index contributed by atoms with van der Waals surface area (Å²) in [5.74, 6) is 0.143. The van der Waals surface area contributed by atoms with Crippen molar-refractivity contribution in [2.75, 3.05) is 6.61 Å². The van der Waals surface area contributed by atoms with E-state index in [4.69, 9.17) is 4.74 Å². The van der Waals surface area contributed by atoms with Crippen molar-refractivity contribution in [2.45, 2.75) is 42.6 Å². The molecule has 8 heteroatoms. The Labute approximate surface area is 156 Å². The maximum absolute atomic E-state index is 12.7. The Morgan fingerprint density at radius 3 is 2.69 bits per heavy atom. The van der Waals surface area contributed by atoms with Gasteiger partial charge < -0.3 is 14.6 Å². The van der Waals surface area contributed by atoms with E-state index in [1.54, 1.807) is 18.5 Å². The Bertz CT molecular complexity index is 774. The third-order valence-electron chi connectivity index (χ3n) is 4.02. The van der Waals surface area contributed by atoms with Gasteiger partial charge in [0, 0.05) is 13.1 Å². The summed E-state index contributed by atoms with van der Waals surface area (Å²) in [5, 5.41) is 11.5. The lowest BCUT2D eigenvalue weighted by Crippen LogP contribution is -2.29. The Morgan fingerprint density at radius 1 is 1.31 bits per heavy atom. The number of amides is 1. The molecule has 1 heterocycles. The van der Waals surface area contributed by atoms with Crippen LogP contribution >= 0.6 is 11.8 Å². The van der Waals surface area contributed by atoms with Crippen molar-refractivity contribution >= 4 is 23.6 Å². The van der Waals surface area contributed by atoms with Crippen molar-refractivity contribution in [2.24, 2.45) is 7.05 Å². The molecule has 1 aliphatic rings. The van der Waals surface area contributed by atoms with Crippen LogP contribution < -0.4 is 5.32 Å². The maximum Gasteiger partial charge on any atom is 0.313 e. The molecule has 3 rings (SSSR count). The van der Waals surface area contributed by atoms with Crippen LogP contribution in [0, 0.1) is 0 Å². The molecule has 1 amide bonds. The molecule has 1 fully saturated rings. The van der Waals surface area contributed by atoms with Gasteiger partial charge in [-0.25, -0.2) is 0 Å². The van der Waals surface area contributed by atoms with E-state index in [-0.39, 0.29) is 24.3 Å². The predicted octanol–water partition coefficient (Wildman–Crippen LogP) is 2.03. The summed E-state index contributed by atoms with van der Waals surface area (Å²) in [6, 6.07) is 9.89. The van der Waals surface area contributed by atoms with E-state index in [2.05, 4.69) is 15.5 Å². The molecular formula is C18H22N4O3S. The first-order chi connectivity index (χ1) is 12.6. The topological polar surface area (TPSA) is 86.1 Å². The van der Waals surface area contributed by atoms with Crippen LogP contribution in [-0.4, -0.2) is 39.3 Å². The monoisotopic (exact) mass is 374 g/mol. The molecule has 0 unspecified atom stereocenters. The van der Waals surface area contributed by atoms with Crippen LogP contribution in [0.3, 0.4) is 0 Å². The highest BCUT2D eigenvalue weighted by Gasteiger charge is 2.30. The Kier molecular flexibility index (Phi) is 5.92. The van der Waals surface area contributed by atoms with E-state index in [0.717, 1.165) is 18.4 Å². The van der Waals surface area contributed by atoms with E-state index in [9.17, 15) is 9.59 Å². The summed E-state index contributed by atoms with van der Waals surface area (Å²) in [4.78, 5) is 24.4. The number of ether oxygens (including phenoxy) is 1. The Balaban J connectivity index is 1.77. The van der Waals surface area contributed by atoms with Crippen LogP contribution in [-0.2, 0) is 27.8 Å². The van der Waals surface area contributed by atoms with Gasteiger partial charge >= 0.3 is 5.97 Å². The lowest BCUT2D eigenvalue weighted by Gasteiger charge is -2.16. The van der Waals surface area contributed by atoms with Gasteiger partial charge in [-0.05, 0) is 25.3 Å². The minimum absolute atomic E-state index is 0.0290. The molecule has 0 bridgehead atoms. The molecule has 2 aromatic rings. The minimum atomic E-state index is -0.421.